The van der Waals surface area contributed by atoms with Crippen LogP contribution >= 0.6 is 0 Å². The van der Waals surface area contributed by atoms with Gasteiger partial charge in [0.05, 0.1) is 10.6 Å². The second-order valence-corrected chi connectivity index (χ2v) is 7.46. The van der Waals surface area contributed by atoms with Gasteiger partial charge in [0.2, 0.25) is 0 Å². The number of nitrogens with zero attached hydrogens (tertiary/aromatic N) is 2. The molecule has 1 aliphatic heterocycles. The third kappa shape index (κ3) is 3.73. The molecule has 1 saturated heterocycles. The Balaban J connectivity index is 2.14. The number of anilines is 1. The van der Waals surface area contributed by atoms with Crippen molar-refractivity contribution < 1.29 is 21.6 Å². The number of alkyl halides is 3. The maximum absolute atomic E-state index is 12.7. The quantitative estimate of drug-likeness (QED) is 0.848. The van der Waals surface area contributed by atoms with E-state index in [-0.39, 0.29) is 18.0 Å². The van der Waals surface area contributed by atoms with E-state index in [9.17, 15) is 21.6 Å². The second-order valence-electron chi connectivity index (χ2n) is 5.48. The molecule has 4 nitrogen and oxygen atoms in total. The summed E-state index contributed by atoms with van der Waals surface area (Å²) in [5, 5.41) is 0. The van der Waals surface area contributed by atoms with Gasteiger partial charge in [0.25, 0.3) is 0 Å². The van der Waals surface area contributed by atoms with Crippen LogP contribution in [-0.4, -0.2) is 58.0 Å². The zero-order chi connectivity index (χ0) is 16.5. The summed E-state index contributed by atoms with van der Waals surface area (Å²) >= 11 is 0. The van der Waals surface area contributed by atoms with Crippen molar-refractivity contribution in [3.63, 3.8) is 0 Å². The van der Waals surface area contributed by atoms with Crippen LogP contribution in [0.25, 0.3) is 0 Å². The number of benzene rings is 1. The van der Waals surface area contributed by atoms with Crippen LogP contribution in [0.5, 0.6) is 0 Å². The molecule has 1 aromatic carbocycles. The molecule has 0 saturated carbocycles. The number of halogens is 3. The van der Waals surface area contributed by atoms with E-state index in [1.54, 1.807) is 18.2 Å². The third-order valence-electron chi connectivity index (χ3n) is 3.94. The molecule has 1 fully saturated rings. The van der Waals surface area contributed by atoms with Crippen LogP contribution in [0.1, 0.15) is 6.92 Å². The number of rotatable bonds is 3. The SMILES string of the molecule is CC(N1CCN(c2ccccc2S(C)(=O)=O)CC1)C(F)(F)F. The Kier molecular flexibility index (Phi) is 4.72. The van der Waals surface area contributed by atoms with Crippen molar-refractivity contribution in [3.05, 3.63) is 24.3 Å². The summed E-state index contributed by atoms with van der Waals surface area (Å²) in [6.45, 7) is 2.39. The van der Waals surface area contributed by atoms with E-state index in [0.717, 1.165) is 13.2 Å². The van der Waals surface area contributed by atoms with Gasteiger partial charge >= 0.3 is 6.18 Å². The van der Waals surface area contributed by atoms with E-state index in [1.165, 1.54) is 11.0 Å². The molecule has 1 heterocycles. The highest BCUT2D eigenvalue weighted by molar-refractivity contribution is 7.90. The number of hydrogen-bond donors (Lipinski definition) is 0. The van der Waals surface area contributed by atoms with Crippen molar-refractivity contribution in [3.8, 4) is 0 Å². The van der Waals surface area contributed by atoms with Gasteiger partial charge in [-0.25, -0.2) is 8.42 Å². The fourth-order valence-corrected chi connectivity index (χ4v) is 3.49. The van der Waals surface area contributed by atoms with Crippen LogP contribution in [0.2, 0.25) is 0 Å². The minimum absolute atomic E-state index is 0.215. The molecule has 124 valence electrons. The number of sulfone groups is 1. The topological polar surface area (TPSA) is 40.6 Å². The molecule has 2 rings (SSSR count). The summed E-state index contributed by atoms with van der Waals surface area (Å²) in [7, 11) is -3.37. The first-order valence-corrected chi connectivity index (χ1v) is 8.84. The minimum atomic E-state index is -4.24. The maximum atomic E-state index is 12.7. The predicted octanol–water partition coefficient (Wildman–Crippen LogP) is 2.16. The van der Waals surface area contributed by atoms with Crippen molar-refractivity contribution in [2.24, 2.45) is 0 Å². The lowest BCUT2D eigenvalue weighted by Crippen LogP contribution is -2.53. The lowest BCUT2D eigenvalue weighted by Gasteiger charge is -2.39. The van der Waals surface area contributed by atoms with Crippen LogP contribution in [0.15, 0.2) is 29.2 Å². The molecule has 1 aliphatic rings. The largest absolute Gasteiger partial charge is 0.403 e. The van der Waals surface area contributed by atoms with Gasteiger partial charge in [0.15, 0.2) is 9.84 Å². The number of hydrogen-bond acceptors (Lipinski definition) is 4. The molecule has 0 amide bonds. The van der Waals surface area contributed by atoms with Crippen molar-refractivity contribution in [1.29, 1.82) is 0 Å². The maximum Gasteiger partial charge on any atom is 0.403 e. The second kappa shape index (κ2) is 6.08. The highest BCUT2D eigenvalue weighted by Gasteiger charge is 2.41. The lowest BCUT2D eigenvalue weighted by molar-refractivity contribution is -0.179. The average molecular weight is 336 g/mol. The molecule has 0 bridgehead atoms. The summed E-state index contributed by atoms with van der Waals surface area (Å²) in [6.07, 6.45) is -3.11. The van der Waals surface area contributed by atoms with Crippen molar-refractivity contribution in [1.82, 2.24) is 4.90 Å². The van der Waals surface area contributed by atoms with Gasteiger partial charge in [-0.1, -0.05) is 12.1 Å². The molecule has 1 unspecified atom stereocenters. The standard InChI is InChI=1S/C14H19F3N2O2S/c1-11(14(15,16)17)18-7-9-19(10-8-18)12-5-3-4-6-13(12)22(2,20)21/h3-6,11H,7-10H2,1-2H3. The Bertz CT molecular complexity index is 623. The summed E-state index contributed by atoms with van der Waals surface area (Å²) < 4.78 is 61.8. The zero-order valence-corrected chi connectivity index (χ0v) is 13.3. The minimum Gasteiger partial charge on any atom is -0.368 e. The first kappa shape index (κ1) is 17.1. The molecule has 0 spiro atoms. The van der Waals surface area contributed by atoms with Crippen LogP contribution < -0.4 is 4.90 Å². The van der Waals surface area contributed by atoms with Gasteiger partial charge in [-0.2, -0.15) is 13.2 Å². The summed E-state index contributed by atoms with van der Waals surface area (Å²) in [5.41, 5.74) is 0.560. The molecular formula is C14H19F3N2O2S. The molecule has 1 aromatic rings. The van der Waals surface area contributed by atoms with Crippen LogP contribution in [-0.2, 0) is 9.84 Å². The first-order chi connectivity index (χ1) is 10.1. The Morgan fingerprint density at radius 3 is 2.14 bits per heavy atom. The average Bonchev–Trinajstić information content (AvgIpc) is 2.45. The Morgan fingerprint density at radius 1 is 1.09 bits per heavy atom. The molecule has 22 heavy (non-hydrogen) atoms. The molecule has 0 aliphatic carbocycles. The highest BCUT2D eigenvalue weighted by Crippen LogP contribution is 2.29. The fraction of sp³-hybridized carbons (Fsp3) is 0.571. The van der Waals surface area contributed by atoms with E-state index in [4.69, 9.17) is 0 Å². The molecule has 8 heteroatoms. The highest BCUT2D eigenvalue weighted by atomic mass is 32.2. The van der Waals surface area contributed by atoms with Crippen molar-refractivity contribution >= 4 is 15.5 Å². The van der Waals surface area contributed by atoms with Gasteiger partial charge in [0, 0.05) is 32.4 Å². The van der Waals surface area contributed by atoms with Crippen molar-refractivity contribution in [2.45, 2.75) is 24.0 Å². The van der Waals surface area contributed by atoms with E-state index >= 15 is 0 Å². The lowest BCUT2D eigenvalue weighted by atomic mass is 10.2. The van der Waals surface area contributed by atoms with Crippen LogP contribution in [0.3, 0.4) is 0 Å². The molecule has 0 radical (unpaired) electrons. The number of para-hydroxylation sites is 1. The van der Waals surface area contributed by atoms with Crippen LogP contribution in [0, 0.1) is 0 Å². The first-order valence-electron chi connectivity index (χ1n) is 6.95. The van der Waals surface area contributed by atoms with Gasteiger partial charge in [0.1, 0.15) is 6.04 Å². The molecular weight excluding hydrogens is 317 g/mol. The van der Waals surface area contributed by atoms with E-state index < -0.39 is 22.1 Å². The van der Waals surface area contributed by atoms with Gasteiger partial charge in [-0.15, -0.1) is 0 Å². The normalized spacial score (nSPS) is 19.2. The predicted molar refractivity (Wildman–Crippen MR) is 78.9 cm³/mol. The smallest absolute Gasteiger partial charge is 0.368 e. The molecule has 0 aromatic heterocycles. The monoisotopic (exact) mass is 336 g/mol. The van der Waals surface area contributed by atoms with E-state index in [1.807, 2.05) is 4.90 Å². The van der Waals surface area contributed by atoms with E-state index in [2.05, 4.69) is 0 Å². The van der Waals surface area contributed by atoms with Crippen LogP contribution in [0.4, 0.5) is 18.9 Å². The fourth-order valence-electron chi connectivity index (χ4n) is 2.59. The summed E-state index contributed by atoms with van der Waals surface area (Å²) in [4.78, 5) is 3.42. The van der Waals surface area contributed by atoms with Gasteiger partial charge in [-0.05, 0) is 19.1 Å². The van der Waals surface area contributed by atoms with Crippen molar-refractivity contribution in [2.75, 3.05) is 37.3 Å². The molecule has 0 N–H and O–H groups in total. The molecule has 1 atom stereocenters. The van der Waals surface area contributed by atoms with E-state index in [0.29, 0.717) is 18.8 Å². The Hall–Kier alpha value is -1.28. The summed E-state index contributed by atoms with van der Waals surface area (Å²) in [6, 6.07) is 5.10. The summed E-state index contributed by atoms with van der Waals surface area (Å²) in [5.74, 6) is 0. The Morgan fingerprint density at radius 2 is 1.64 bits per heavy atom. The number of piperazine rings is 1. The van der Waals surface area contributed by atoms with Gasteiger partial charge in [-0.3, -0.25) is 4.90 Å². The Labute approximate surface area is 128 Å². The zero-order valence-electron chi connectivity index (χ0n) is 12.5. The third-order valence-corrected chi connectivity index (χ3v) is 5.09. The van der Waals surface area contributed by atoms with Gasteiger partial charge < -0.3 is 4.90 Å².